The minimum atomic E-state index is 0.0236. The SMILES string of the molecule is C=c1/c(=C/C=C/C=C/C(C)C)c2ncn(N(C)C)c2c2ncc(C(C)(C)C)cc12. The molecule has 1 aromatic carbocycles. The lowest BCUT2D eigenvalue weighted by atomic mass is 9.87. The maximum atomic E-state index is 4.85. The second-order valence-corrected chi connectivity index (χ2v) is 9.08. The van der Waals surface area contributed by atoms with E-state index in [4.69, 9.17) is 9.97 Å². The molecular weight excluding hydrogens is 356 g/mol. The van der Waals surface area contributed by atoms with Gasteiger partial charge in [0, 0.05) is 30.9 Å². The summed E-state index contributed by atoms with van der Waals surface area (Å²) in [5.74, 6) is 0.535. The summed E-state index contributed by atoms with van der Waals surface area (Å²) < 4.78 is 2.04. The third-order valence-corrected chi connectivity index (χ3v) is 5.05. The Balaban J connectivity index is 2.37. The van der Waals surface area contributed by atoms with Crippen molar-refractivity contribution in [3.63, 3.8) is 0 Å². The standard InChI is InChI=1S/C25H32N4/c1-17(2)12-10-9-11-13-20-18(3)21-14-19(25(4,5)6)15-26-23(21)24-22(20)27-16-29(24)28(7)8/h9-17H,3H2,1-2,4-8H3/b11-9+,12-10+,20-13-. The predicted octanol–water partition coefficient (Wildman–Crippen LogP) is 4.04. The van der Waals surface area contributed by atoms with Gasteiger partial charge in [0.2, 0.25) is 0 Å². The van der Waals surface area contributed by atoms with Gasteiger partial charge in [0.05, 0.1) is 5.52 Å². The first-order chi connectivity index (χ1) is 13.6. The largest absolute Gasteiger partial charge is 0.317 e. The van der Waals surface area contributed by atoms with Crippen LogP contribution in [0.25, 0.3) is 34.6 Å². The average molecular weight is 389 g/mol. The molecule has 3 aromatic rings. The summed E-state index contributed by atoms with van der Waals surface area (Å²) in [5.41, 5.74) is 4.09. The Morgan fingerprint density at radius 1 is 1.07 bits per heavy atom. The lowest BCUT2D eigenvalue weighted by Gasteiger charge is -2.20. The Bertz CT molecular complexity index is 1200. The van der Waals surface area contributed by atoms with Crippen molar-refractivity contribution < 1.29 is 0 Å². The van der Waals surface area contributed by atoms with Gasteiger partial charge in [0.25, 0.3) is 0 Å². The van der Waals surface area contributed by atoms with Crippen LogP contribution < -0.4 is 15.4 Å². The molecule has 0 radical (unpaired) electrons. The molecule has 0 spiro atoms. The number of allylic oxidation sites excluding steroid dienone is 4. The van der Waals surface area contributed by atoms with Gasteiger partial charge in [-0.05, 0) is 28.2 Å². The summed E-state index contributed by atoms with van der Waals surface area (Å²) in [6.45, 7) is 15.4. The van der Waals surface area contributed by atoms with Crippen LogP contribution in [0.3, 0.4) is 0 Å². The Morgan fingerprint density at radius 2 is 1.79 bits per heavy atom. The number of aromatic nitrogens is 3. The molecule has 0 aliphatic carbocycles. The molecule has 0 atom stereocenters. The number of benzene rings is 1. The fraction of sp³-hybridized carbons (Fsp3) is 0.360. The van der Waals surface area contributed by atoms with Crippen LogP contribution in [0.1, 0.15) is 40.2 Å². The van der Waals surface area contributed by atoms with Crippen LogP contribution in [0.15, 0.2) is 42.9 Å². The van der Waals surface area contributed by atoms with Crippen molar-refractivity contribution in [3.05, 3.63) is 58.9 Å². The predicted molar refractivity (Wildman–Crippen MR) is 126 cm³/mol. The Labute approximate surface area is 173 Å². The van der Waals surface area contributed by atoms with Crippen LogP contribution in [0.2, 0.25) is 0 Å². The molecule has 0 saturated carbocycles. The van der Waals surface area contributed by atoms with Gasteiger partial charge in [0.1, 0.15) is 17.4 Å². The van der Waals surface area contributed by atoms with Crippen LogP contribution in [0, 0.1) is 5.92 Å². The van der Waals surface area contributed by atoms with Gasteiger partial charge >= 0.3 is 0 Å². The van der Waals surface area contributed by atoms with E-state index in [1.807, 2.05) is 36.3 Å². The zero-order chi connectivity index (χ0) is 21.3. The summed E-state index contributed by atoms with van der Waals surface area (Å²) >= 11 is 0. The molecule has 29 heavy (non-hydrogen) atoms. The van der Waals surface area contributed by atoms with Gasteiger partial charge in [0.15, 0.2) is 0 Å². The molecule has 0 N–H and O–H groups in total. The number of rotatable bonds is 4. The molecule has 0 saturated heterocycles. The van der Waals surface area contributed by atoms with Crippen molar-refractivity contribution in [1.29, 1.82) is 0 Å². The third kappa shape index (κ3) is 4.12. The Morgan fingerprint density at radius 3 is 2.41 bits per heavy atom. The maximum Gasteiger partial charge on any atom is 0.117 e. The van der Waals surface area contributed by atoms with E-state index in [9.17, 15) is 0 Å². The Hall–Kier alpha value is -2.88. The zero-order valence-electron chi connectivity index (χ0n) is 18.7. The molecule has 0 aliphatic heterocycles. The van der Waals surface area contributed by atoms with Gasteiger partial charge in [-0.25, -0.2) is 9.66 Å². The van der Waals surface area contributed by atoms with Gasteiger partial charge in [-0.3, -0.25) is 4.98 Å². The molecule has 2 aromatic heterocycles. The van der Waals surface area contributed by atoms with Crippen LogP contribution >= 0.6 is 0 Å². The highest BCUT2D eigenvalue weighted by Crippen LogP contribution is 2.25. The first-order valence-electron chi connectivity index (χ1n) is 10.1. The van der Waals surface area contributed by atoms with Crippen LogP contribution in [-0.2, 0) is 5.41 Å². The van der Waals surface area contributed by atoms with Crippen molar-refractivity contribution in [2.75, 3.05) is 19.1 Å². The highest BCUT2D eigenvalue weighted by Gasteiger charge is 2.18. The first kappa shape index (κ1) is 20.8. The number of hydrogen-bond acceptors (Lipinski definition) is 3. The molecular formula is C25H32N4. The lowest BCUT2D eigenvalue weighted by Crippen LogP contribution is -2.28. The van der Waals surface area contributed by atoms with Crippen molar-refractivity contribution in [1.82, 2.24) is 14.6 Å². The van der Waals surface area contributed by atoms with Crippen molar-refractivity contribution in [2.24, 2.45) is 5.92 Å². The number of imidazole rings is 1. The molecule has 2 heterocycles. The van der Waals surface area contributed by atoms with Crippen molar-refractivity contribution in [2.45, 2.75) is 40.0 Å². The lowest BCUT2D eigenvalue weighted by molar-refractivity contribution is 0.588. The second-order valence-electron chi connectivity index (χ2n) is 9.08. The maximum absolute atomic E-state index is 4.85. The van der Waals surface area contributed by atoms with Crippen LogP contribution in [0.5, 0.6) is 0 Å². The molecule has 0 aliphatic rings. The summed E-state index contributed by atoms with van der Waals surface area (Å²) in [7, 11) is 4.02. The van der Waals surface area contributed by atoms with Crippen molar-refractivity contribution >= 4 is 34.6 Å². The van der Waals surface area contributed by atoms with Gasteiger partial charge < -0.3 is 5.01 Å². The minimum absolute atomic E-state index is 0.0236. The fourth-order valence-corrected chi connectivity index (χ4v) is 3.32. The second kappa shape index (κ2) is 7.86. The molecule has 0 fully saturated rings. The minimum Gasteiger partial charge on any atom is -0.317 e. The van der Waals surface area contributed by atoms with Gasteiger partial charge in [-0.2, -0.15) is 0 Å². The van der Waals surface area contributed by atoms with E-state index in [1.54, 1.807) is 0 Å². The molecule has 0 amide bonds. The van der Waals surface area contributed by atoms with E-state index >= 15 is 0 Å². The topological polar surface area (TPSA) is 34.0 Å². The fourth-order valence-electron chi connectivity index (χ4n) is 3.32. The van der Waals surface area contributed by atoms with Gasteiger partial charge in [-0.1, -0.05) is 71.6 Å². The monoisotopic (exact) mass is 388 g/mol. The highest BCUT2D eigenvalue weighted by molar-refractivity contribution is 6.03. The number of nitrogens with zero attached hydrogens (tertiary/aromatic N) is 4. The molecule has 4 nitrogen and oxygen atoms in total. The first-order valence-corrected chi connectivity index (χ1v) is 10.1. The van der Waals surface area contributed by atoms with E-state index in [0.717, 1.165) is 32.4 Å². The molecule has 3 rings (SSSR count). The van der Waals surface area contributed by atoms with E-state index in [1.165, 1.54) is 5.56 Å². The summed E-state index contributed by atoms with van der Waals surface area (Å²) in [5, 5.41) is 5.09. The molecule has 0 unspecified atom stereocenters. The summed E-state index contributed by atoms with van der Waals surface area (Å²) in [4.78, 5) is 9.56. The Kier molecular flexibility index (Phi) is 5.65. The van der Waals surface area contributed by atoms with E-state index in [-0.39, 0.29) is 5.41 Å². The summed E-state index contributed by atoms with van der Waals surface area (Å²) in [6.07, 6.45) is 14.3. The number of fused-ring (bicyclic) bond motifs is 3. The summed E-state index contributed by atoms with van der Waals surface area (Å²) in [6, 6.07) is 2.23. The zero-order valence-corrected chi connectivity index (χ0v) is 18.7. The van der Waals surface area contributed by atoms with E-state index in [2.05, 4.69) is 77.6 Å². The van der Waals surface area contributed by atoms with Crippen LogP contribution in [0.4, 0.5) is 0 Å². The highest BCUT2D eigenvalue weighted by atomic mass is 15.5. The number of hydrogen-bond donors (Lipinski definition) is 0. The van der Waals surface area contributed by atoms with E-state index < -0.39 is 0 Å². The molecule has 152 valence electrons. The van der Waals surface area contributed by atoms with E-state index in [0.29, 0.717) is 5.92 Å². The normalized spacial score (nSPS) is 13.7. The quantitative estimate of drug-likeness (QED) is 0.633. The third-order valence-electron chi connectivity index (χ3n) is 5.05. The molecule has 4 heteroatoms. The van der Waals surface area contributed by atoms with Crippen LogP contribution in [-0.4, -0.2) is 28.7 Å². The van der Waals surface area contributed by atoms with Gasteiger partial charge in [-0.15, -0.1) is 0 Å². The smallest absolute Gasteiger partial charge is 0.117 e. The van der Waals surface area contributed by atoms with Crippen molar-refractivity contribution in [3.8, 4) is 0 Å². The number of pyridine rings is 1. The molecule has 0 bridgehead atoms. The average Bonchev–Trinajstić information content (AvgIpc) is 3.07.